The van der Waals surface area contributed by atoms with Crippen LogP contribution in [0.4, 0.5) is 5.69 Å². The number of ketones is 1. The van der Waals surface area contributed by atoms with Gasteiger partial charge in [0.2, 0.25) is 17.6 Å². The Morgan fingerprint density at radius 3 is 2.46 bits per heavy atom. The fourth-order valence-corrected chi connectivity index (χ4v) is 3.44. The van der Waals surface area contributed by atoms with Crippen LogP contribution >= 0.6 is 11.6 Å². The molecule has 10 heteroatoms. The van der Waals surface area contributed by atoms with Gasteiger partial charge in [0.05, 0.1) is 23.9 Å². The van der Waals surface area contributed by atoms with Gasteiger partial charge in [-0.1, -0.05) is 23.7 Å². The Balaban J connectivity index is 0.000000261. The van der Waals surface area contributed by atoms with E-state index in [2.05, 4.69) is 4.98 Å². The van der Waals surface area contributed by atoms with Crippen molar-refractivity contribution in [2.24, 2.45) is 5.73 Å². The van der Waals surface area contributed by atoms with Crippen LogP contribution in [0.5, 0.6) is 5.88 Å². The summed E-state index contributed by atoms with van der Waals surface area (Å²) < 4.78 is 4.79. The molecule has 0 spiro atoms. The second-order valence-electron chi connectivity index (χ2n) is 7.29. The molecule has 0 atom stereocenters. The summed E-state index contributed by atoms with van der Waals surface area (Å²) in [5, 5.41) is 9.59. The van der Waals surface area contributed by atoms with Gasteiger partial charge in [0.1, 0.15) is 0 Å². The number of hydrogen-bond acceptors (Lipinski definition) is 6. The van der Waals surface area contributed by atoms with Crippen LogP contribution in [0.2, 0.25) is 5.02 Å². The van der Waals surface area contributed by atoms with Crippen LogP contribution in [0.25, 0.3) is 6.08 Å². The minimum atomic E-state index is -1.13. The Hall–Kier alpha value is -4.50. The number of amides is 2. The number of aromatic carboxylic acids is 1. The number of carboxylic acids is 1. The lowest BCUT2D eigenvalue weighted by atomic mass is 9.92. The van der Waals surface area contributed by atoms with Gasteiger partial charge in [-0.05, 0) is 48.0 Å². The minimum Gasteiger partial charge on any atom is -0.481 e. The summed E-state index contributed by atoms with van der Waals surface area (Å²) >= 11 is 5.93. The van der Waals surface area contributed by atoms with E-state index in [0.29, 0.717) is 27.7 Å². The van der Waals surface area contributed by atoms with Crippen LogP contribution in [-0.2, 0) is 4.79 Å². The highest BCUT2D eigenvalue weighted by Crippen LogP contribution is 2.31. The molecule has 4 rings (SSSR count). The van der Waals surface area contributed by atoms with Crippen molar-refractivity contribution >= 4 is 46.9 Å². The first kappa shape index (κ1) is 25.1. The monoisotopic (exact) mass is 493 g/mol. The number of carboxylic acid groups (broad SMARTS) is 1. The number of ether oxygens (including phenoxy) is 1. The number of likely N-dealkylation sites (N-methyl/N-ethyl adjacent to an activating group) is 1. The third kappa shape index (κ3) is 5.71. The third-order valence-electron chi connectivity index (χ3n) is 5.02. The highest BCUT2D eigenvalue weighted by Gasteiger charge is 2.33. The molecule has 2 aromatic carbocycles. The van der Waals surface area contributed by atoms with Crippen molar-refractivity contribution < 1.29 is 29.0 Å². The SMILES string of the molecule is CN1C(=O)/C(=C\c2cccc(Cl)c2)C(=O)c2cc(C(=O)O)ccc21.COc1cc(C(N)=O)ccn1. The quantitative estimate of drug-likeness (QED) is 0.419. The van der Waals surface area contributed by atoms with E-state index in [9.17, 15) is 19.2 Å². The van der Waals surface area contributed by atoms with Crippen molar-refractivity contribution in [3.8, 4) is 5.88 Å². The van der Waals surface area contributed by atoms with Crippen LogP contribution in [0.1, 0.15) is 36.6 Å². The molecular formula is C25H20ClN3O6. The number of fused-ring (bicyclic) bond motifs is 1. The summed E-state index contributed by atoms with van der Waals surface area (Å²) in [4.78, 5) is 52.1. The zero-order valence-corrected chi connectivity index (χ0v) is 19.4. The van der Waals surface area contributed by atoms with Crippen LogP contribution in [0.3, 0.4) is 0 Å². The van der Waals surface area contributed by atoms with Gasteiger partial charge in [-0.25, -0.2) is 9.78 Å². The summed E-state index contributed by atoms with van der Waals surface area (Å²) in [6, 6.07) is 13.9. The average molecular weight is 494 g/mol. The summed E-state index contributed by atoms with van der Waals surface area (Å²) in [5.74, 6) is -2.18. The average Bonchev–Trinajstić information content (AvgIpc) is 2.85. The number of aromatic nitrogens is 1. The van der Waals surface area contributed by atoms with Gasteiger partial charge < -0.3 is 20.5 Å². The Morgan fingerprint density at radius 2 is 1.83 bits per heavy atom. The summed E-state index contributed by atoms with van der Waals surface area (Å²) in [6.45, 7) is 0. The number of Topliss-reactive ketones (excluding diaryl/α,β-unsaturated/α-hetero) is 1. The first-order valence-corrected chi connectivity index (χ1v) is 10.5. The van der Waals surface area contributed by atoms with Crippen LogP contribution in [-0.4, -0.2) is 47.8 Å². The first-order chi connectivity index (χ1) is 16.6. The molecule has 1 aliphatic heterocycles. The van der Waals surface area contributed by atoms with Gasteiger partial charge in [0.25, 0.3) is 5.91 Å². The Labute approximate surface area is 205 Å². The molecule has 9 nitrogen and oxygen atoms in total. The van der Waals surface area contributed by atoms with Crippen LogP contribution < -0.4 is 15.4 Å². The van der Waals surface area contributed by atoms with Gasteiger partial charge in [0.15, 0.2) is 0 Å². The molecule has 3 N–H and O–H groups in total. The topological polar surface area (TPSA) is 140 Å². The zero-order valence-electron chi connectivity index (χ0n) is 18.7. The Bertz CT molecular complexity index is 1370. The third-order valence-corrected chi connectivity index (χ3v) is 5.25. The number of pyridine rings is 1. The van der Waals surface area contributed by atoms with E-state index in [1.165, 1.54) is 54.6 Å². The number of carbonyl (C=O) groups is 4. The number of nitrogens with zero attached hydrogens (tertiary/aromatic N) is 2. The molecule has 178 valence electrons. The molecule has 0 saturated carbocycles. The van der Waals surface area contributed by atoms with Crippen molar-refractivity contribution in [3.63, 3.8) is 0 Å². The lowest BCUT2D eigenvalue weighted by Crippen LogP contribution is -2.36. The number of benzene rings is 2. The molecule has 0 fully saturated rings. The summed E-state index contributed by atoms with van der Waals surface area (Å²) in [6.07, 6.45) is 2.93. The van der Waals surface area contributed by atoms with Gasteiger partial charge >= 0.3 is 5.97 Å². The summed E-state index contributed by atoms with van der Waals surface area (Å²) in [7, 11) is 3.02. The van der Waals surface area contributed by atoms with E-state index in [0.717, 1.165) is 0 Å². The molecule has 0 saturated heterocycles. The predicted molar refractivity (Wildman–Crippen MR) is 130 cm³/mol. The number of halogens is 1. The first-order valence-electron chi connectivity index (χ1n) is 10.1. The van der Waals surface area contributed by atoms with E-state index in [-0.39, 0.29) is 16.7 Å². The van der Waals surface area contributed by atoms with E-state index in [1.807, 2.05) is 0 Å². The molecule has 0 aliphatic carbocycles. The molecule has 0 radical (unpaired) electrons. The maximum Gasteiger partial charge on any atom is 0.335 e. The number of hydrogen-bond donors (Lipinski definition) is 2. The standard InChI is InChI=1S/C18H12ClNO4.C7H8N2O2/c1-20-15-6-5-11(18(23)24)9-13(15)16(21)14(17(20)22)8-10-3-2-4-12(19)7-10;1-11-6-4-5(7(8)10)2-3-9-6/h2-9H,1H3,(H,23,24);2-4H,1H3,(H2,8,10)/b14-8-;. The Kier molecular flexibility index (Phi) is 7.62. The van der Waals surface area contributed by atoms with E-state index >= 15 is 0 Å². The van der Waals surface area contributed by atoms with Crippen molar-refractivity contribution in [2.45, 2.75) is 0 Å². The van der Waals surface area contributed by atoms with E-state index in [4.69, 9.17) is 27.2 Å². The van der Waals surface area contributed by atoms with Crippen molar-refractivity contribution in [1.29, 1.82) is 0 Å². The van der Waals surface area contributed by atoms with Crippen molar-refractivity contribution in [1.82, 2.24) is 4.98 Å². The van der Waals surface area contributed by atoms with Crippen LogP contribution in [0.15, 0.2) is 66.4 Å². The van der Waals surface area contributed by atoms with Crippen molar-refractivity contribution in [2.75, 3.05) is 19.1 Å². The van der Waals surface area contributed by atoms with Gasteiger partial charge in [-0.2, -0.15) is 0 Å². The highest BCUT2D eigenvalue weighted by atomic mass is 35.5. The lowest BCUT2D eigenvalue weighted by molar-refractivity contribution is -0.114. The van der Waals surface area contributed by atoms with Crippen molar-refractivity contribution in [3.05, 3.63) is 93.6 Å². The molecule has 0 bridgehead atoms. The lowest BCUT2D eigenvalue weighted by Gasteiger charge is -2.26. The van der Waals surface area contributed by atoms with Gasteiger partial charge in [-0.15, -0.1) is 0 Å². The molecule has 1 aromatic heterocycles. The van der Waals surface area contributed by atoms with E-state index in [1.54, 1.807) is 31.3 Å². The molecule has 3 aromatic rings. The molecule has 2 amide bonds. The predicted octanol–water partition coefficient (Wildman–Crippen LogP) is 3.47. The van der Waals surface area contributed by atoms with Gasteiger partial charge in [0, 0.05) is 35.5 Å². The zero-order chi connectivity index (χ0) is 25.7. The molecular weight excluding hydrogens is 474 g/mol. The molecule has 2 heterocycles. The van der Waals surface area contributed by atoms with Gasteiger partial charge in [-0.3, -0.25) is 14.4 Å². The Morgan fingerprint density at radius 1 is 1.09 bits per heavy atom. The molecule has 1 aliphatic rings. The maximum atomic E-state index is 12.7. The normalized spacial score (nSPS) is 13.6. The number of anilines is 1. The maximum absolute atomic E-state index is 12.7. The second kappa shape index (κ2) is 10.6. The fourth-order valence-electron chi connectivity index (χ4n) is 3.24. The second-order valence-corrected chi connectivity index (χ2v) is 7.73. The molecule has 0 unspecified atom stereocenters. The summed E-state index contributed by atoms with van der Waals surface area (Å²) in [5.41, 5.74) is 6.56. The number of nitrogens with two attached hydrogens (primary N) is 1. The number of rotatable bonds is 4. The highest BCUT2D eigenvalue weighted by molar-refractivity contribution is 6.37. The fraction of sp³-hybridized carbons (Fsp3) is 0.0800. The number of primary amides is 1. The van der Waals surface area contributed by atoms with Crippen LogP contribution in [0, 0.1) is 0 Å². The minimum absolute atomic E-state index is 0.00745. The van der Waals surface area contributed by atoms with E-state index < -0.39 is 23.6 Å². The number of methoxy groups -OCH3 is 1. The number of carbonyl (C=O) groups excluding carboxylic acids is 3. The largest absolute Gasteiger partial charge is 0.481 e. The smallest absolute Gasteiger partial charge is 0.335 e. The molecule has 35 heavy (non-hydrogen) atoms.